The van der Waals surface area contributed by atoms with Crippen molar-refractivity contribution in [2.45, 2.75) is 35.5 Å². The van der Waals surface area contributed by atoms with Crippen LogP contribution in [-0.4, -0.2) is 71.0 Å². The van der Waals surface area contributed by atoms with Crippen LogP contribution in [0.1, 0.15) is 0 Å². The van der Waals surface area contributed by atoms with E-state index in [-0.39, 0.29) is 10.6 Å². The third kappa shape index (κ3) is 3.70. The van der Waals surface area contributed by atoms with Crippen molar-refractivity contribution in [2.75, 3.05) is 6.61 Å². The minimum Gasteiger partial charge on any atom is -0.394 e. The Hall–Kier alpha value is -1.67. The first-order valence-corrected chi connectivity index (χ1v) is 8.23. The summed E-state index contributed by atoms with van der Waals surface area (Å²) >= 11 is 0. The highest BCUT2D eigenvalue weighted by Crippen LogP contribution is 2.22. The van der Waals surface area contributed by atoms with Gasteiger partial charge in [-0.1, -0.05) is 0 Å². The van der Waals surface area contributed by atoms with Gasteiger partial charge in [0.1, 0.15) is 24.4 Å². The Morgan fingerprint density at radius 1 is 1.17 bits per heavy atom. The Morgan fingerprint density at radius 3 is 2.25 bits per heavy atom. The minimum atomic E-state index is -4.26. The van der Waals surface area contributed by atoms with Crippen molar-refractivity contribution in [3.05, 3.63) is 34.4 Å². The molecule has 0 amide bonds. The van der Waals surface area contributed by atoms with Crippen molar-refractivity contribution in [3.8, 4) is 0 Å². The monoisotopic (exact) mass is 364 g/mol. The maximum atomic E-state index is 12.2. The highest BCUT2D eigenvalue weighted by atomic mass is 32.2. The van der Waals surface area contributed by atoms with Crippen LogP contribution in [0.2, 0.25) is 0 Å². The average Bonchev–Trinajstić information content (AvgIpc) is 2.55. The van der Waals surface area contributed by atoms with Crippen LogP contribution in [0.3, 0.4) is 0 Å². The fourth-order valence-corrected chi connectivity index (χ4v) is 3.46. The van der Waals surface area contributed by atoms with Gasteiger partial charge in [-0.2, -0.15) is 0 Å². The first kappa shape index (κ1) is 18.7. The molecule has 5 N–H and O–H groups in total. The number of hydrogen-bond acceptors (Lipinski definition) is 9. The number of ether oxygens (including phenoxy) is 1. The summed E-state index contributed by atoms with van der Waals surface area (Å²) in [6, 6.07) is 2.33. The molecule has 5 atom stereocenters. The van der Waals surface area contributed by atoms with Gasteiger partial charge in [-0.15, -0.1) is 0 Å². The van der Waals surface area contributed by atoms with E-state index in [1.54, 1.807) is 0 Å². The minimum absolute atomic E-state index is 0.309. The number of rotatable bonds is 5. The van der Waals surface area contributed by atoms with E-state index < -0.39 is 52.2 Å². The van der Waals surface area contributed by atoms with E-state index in [0.717, 1.165) is 24.3 Å². The Bertz CT molecular complexity index is 693. The standard InChI is InChI=1S/C12H16N2O9S/c15-5-8-10(16)11(17)9(12(18)23-8)13-24(21,22)7-3-1-6(2-4-7)14(19)20/h1-4,8-13,15-18H,5H2/t8-,9-,10-,11-,12?/m1/s1. The molecule has 1 unspecified atom stereocenters. The lowest BCUT2D eigenvalue weighted by Gasteiger charge is -2.40. The SMILES string of the molecule is O=[N+]([O-])c1ccc(S(=O)(=O)N[C@H]2C(O)O[C@H](CO)[C@@H](O)[C@@H]2O)cc1. The number of nitrogens with one attached hydrogen (secondary N) is 1. The summed E-state index contributed by atoms with van der Waals surface area (Å²) in [6.07, 6.45) is -6.44. The number of nitrogens with zero attached hydrogens (tertiary/aromatic N) is 1. The molecule has 11 nitrogen and oxygen atoms in total. The highest BCUT2D eigenvalue weighted by Gasteiger charge is 2.45. The molecule has 24 heavy (non-hydrogen) atoms. The Kier molecular flexibility index (Phi) is 5.49. The zero-order chi connectivity index (χ0) is 18.1. The number of non-ortho nitro benzene ring substituents is 1. The van der Waals surface area contributed by atoms with E-state index in [2.05, 4.69) is 0 Å². The Labute approximate surface area is 136 Å². The van der Waals surface area contributed by atoms with Gasteiger partial charge in [-0.25, -0.2) is 13.1 Å². The molecule has 1 saturated heterocycles. The van der Waals surface area contributed by atoms with Crippen molar-refractivity contribution in [1.29, 1.82) is 0 Å². The van der Waals surface area contributed by atoms with Crippen LogP contribution in [0.5, 0.6) is 0 Å². The summed E-state index contributed by atoms with van der Waals surface area (Å²) in [4.78, 5) is 9.53. The van der Waals surface area contributed by atoms with E-state index >= 15 is 0 Å². The summed E-state index contributed by atoms with van der Waals surface area (Å²) in [5, 5.41) is 49.0. The topological polar surface area (TPSA) is 179 Å². The number of nitro groups is 1. The normalized spacial score (nSPS) is 30.9. The average molecular weight is 364 g/mol. The number of sulfonamides is 1. The van der Waals surface area contributed by atoms with E-state index in [0.29, 0.717) is 0 Å². The van der Waals surface area contributed by atoms with Crippen molar-refractivity contribution in [1.82, 2.24) is 4.72 Å². The van der Waals surface area contributed by atoms with Crippen molar-refractivity contribution >= 4 is 15.7 Å². The second-order valence-electron chi connectivity index (χ2n) is 5.13. The Balaban J connectivity index is 2.20. The summed E-state index contributed by atoms with van der Waals surface area (Å²) in [7, 11) is -4.26. The number of aliphatic hydroxyl groups excluding tert-OH is 4. The quantitative estimate of drug-likeness (QED) is 0.283. The molecule has 0 aliphatic carbocycles. The fraction of sp³-hybridized carbons (Fsp3) is 0.500. The molecule has 1 aromatic rings. The van der Waals surface area contributed by atoms with Crippen LogP contribution in [0, 0.1) is 10.1 Å². The third-order valence-electron chi connectivity index (χ3n) is 3.55. The molecule has 0 aromatic heterocycles. The van der Waals surface area contributed by atoms with Crippen LogP contribution < -0.4 is 4.72 Å². The third-order valence-corrected chi connectivity index (χ3v) is 5.02. The van der Waals surface area contributed by atoms with E-state index in [1.807, 2.05) is 4.72 Å². The van der Waals surface area contributed by atoms with E-state index in [9.17, 15) is 33.9 Å². The van der Waals surface area contributed by atoms with Crippen LogP contribution >= 0.6 is 0 Å². The number of aliphatic hydroxyl groups is 4. The van der Waals surface area contributed by atoms with Gasteiger partial charge in [0, 0.05) is 12.1 Å². The summed E-state index contributed by atoms with van der Waals surface area (Å²) < 4.78 is 31.3. The maximum absolute atomic E-state index is 12.2. The molecule has 1 aliphatic heterocycles. The van der Waals surface area contributed by atoms with Crippen molar-refractivity contribution in [3.63, 3.8) is 0 Å². The second kappa shape index (κ2) is 7.06. The van der Waals surface area contributed by atoms with Gasteiger partial charge < -0.3 is 25.2 Å². The molecule has 134 valence electrons. The highest BCUT2D eigenvalue weighted by molar-refractivity contribution is 7.89. The molecule has 0 saturated carbocycles. The first-order valence-electron chi connectivity index (χ1n) is 6.74. The molecule has 2 rings (SSSR count). The molecule has 0 bridgehead atoms. The zero-order valence-corrected chi connectivity index (χ0v) is 12.9. The van der Waals surface area contributed by atoms with E-state index in [4.69, 9.17) is 9.84 Å². The molecule has 0 spiro atoms. The molecular weight excluding hydrogens is 348 g/mol. The lowest BCUT2D eigenvalue weighted by molar-refractivity contribution is -0.384. The molecule has 1 heterocycles. The van der Waals surface area contributed by atoms with Crippen LogP contribution in [0.15, 0.2) is 29.2 Å². The summed E-state index contributed by atoms with van der Waals surface area (Å²) in [6.45, 7) is -0.683. The molecule has 1 aliphatic rings. The number of nitro benzene ring substituents is 1. The lowest BCUT2D eigenvalue weighted by Crippen LogP contribution is -2.64. The summed E-state index contributed by atoms with van der Waals surface area (Å²) in [5.41, 5.74) is -0.309. The number of hydrogen-bond donors (Lipinski definition) is 5. The van der Waals surface area contributed by atoms with Gasteiger partial charge >= 0.3 is 0 Å². The molecule has 1 fully saturated rings. The molecule has 1 aromatic carbocycles. The van der Waals surface area contributed by atoms with Crippen LogP contribution in [0.25, 0.3) is 0 Å². The molecular formula is C12H16N2O9S. The predicted molar refractivity (Wildman–Crippen MR) is 77.2 cm³/mol. The van der Waals surface area contributed by atoms with Crippen molar-refractivity contribution in [2.24, 2.45) is 0 Å². The number of benzene rings is 1. The van der Waals surface area contributed by atoms with Gasteiger partial charge in [0.05, 0.1) is 16.4 Å². The lowest BCUT2D eigenvalue weighted by atomic mass is 9.98. The smallest absolute Gasteiger partial charge is 0.269 e. The van der Waals surface area contributed by atoms with Gasteiger partial charge in [0.2, 0.25) is 10.0 Å². The fourth-order valence-electron chi connectivity index (χ4n) is 2.22. The van der Waals surface area contributed by atoms with Crippen LogP contribution in [0.4, 0.5) is 5.69 Å². The summed E-state index contributed by atoms with van der Waals surface area (Å²) in [5.74, 6) is 0. The first-order chi connectivity index (χ1) is 11.2. The second-order valence-corrected chi connectivity index (χ2v) is 6.84. The maximum Gasteiger partial charge on any atom is 0.269 e. The van der Waals surface area contributed by atoms with Gasteiger partial charge in [-0.05, 0) is 12.1 Å². The predicted octanol–water partition coefficient (Wildman–Crippen LogP) is -2.33. The largest absolute Gasteiger partial charge is 0.394 e. The van der Waals surface area contributed by atoms with Crippen molar-refractivity contribution < 1.29 is 38.5 Å². The molecule has 12 heteroatoms. The molecule has 0 radical (unpaired) electrons. The van der Waals surface area contributed by atoms with Crippen LogP contribution in [-0.2, 0) is 14.8 Å². The van der Waals surface area contributed by atoms with E-state index in [1.165, 1.54) is 0 Å². The zero-order valence-electron chi connectivity index (χ0n) is 12.1. The van der Waals surface area contributed by atoms with Gasteiger partial charge in [-0.3, -0.25) is 10.1 Å². The van der Waals surface area contributed by atoms with Gasteiger partial charge in [0.25, 0.3) is 5.69 Å². The van der Waals surface area contributed by atoms with Gasteiger partial charge in [0.15, 0.2) is 6.29 Å². The Morgan fingerprint density at radius 2 is 1.75 bits per heavy atom.